The third kappa shape index (κ3) is 4.00. The van der Waals surface area contributed by atoms with Crippen LogP contribution in [-0.2, 0) is 16.0 Å². The van der Waals surface area contributed by atoms with Crippen molar-refractivity contribution in [1.29, 1.82) is 0 Å². The predicted molar refractivity (Wildman–Crippen MR) is 66.3 cm³/mol. The van der Waals surface area contributed by atoms with Crippen LogP contribution in [-0.4, -0.2) is 29.8 Å². The van der Waals surface area contributed by atoms with Gasteiger partial charge in [0.2, 0.25) is 11.8 Å². The van der Waals surface area contributed by atoms with E-state index in [9.17, 15) is 9.59 Å². The Bertz CT molecular complexity index is 416. The first-order valence-electron chi connectivity index (χ1n) is 5.61. The molecule has 0 aliphatic carbocycles. The van der Waals surface area contributed by atoms with Gasteiger partial charge in [-0.2, -0.15) is 0 Å². The number of rotatable bonds is 4. The van der Waals surface area contributed by atoms with E-state index in [2.05, 4.69) is 0 Å². The molecule has 0 fully saturated rings. The van der Waals surface area contributed by atoms with Crippen LogP contribution in [0.2, 0.25) is 0 Å². The highest BCUT2D eigenvalue weighted by atomic mass is 16.2. The van der Waals surface area contributed by atoms with E-state index in [0.717, 1.165) is 11.1 Å². The third-order valence-electron chi connectivity index (χ3n) is 2.47. The van der Waals surface area contributed by atoms with E-state index >= 15 is 0 Å². The first-order valence-corrected chi connectivity index (χ1v) is 5.61. The summed E-state index contributed by atoms with van der Waals surface area (Å²) < 4.78 is 0. The van der Waals surface area contributed by atoms with Gasteiger partial charge < -0.3 is 5.73 Å². The van der Waals surface area contributed by atoms with Gasteiger partial charge in [-0.1, -0.05) is 29.8 Å². The second kappa shape index (κ2) is 6.15. The van der Waals surface area contributed by atoms with Crippen molar-refractivity contribution in [3.05, 3.63) is 35.4 Å². The summed E-state index contributed by atoms with van der Waals surface area (Å²) in [5.74, 6) is -0.457. The van der Waals surface area contributed by atoms with Gasteiger partial charge in [0.15, 0.2) is 0 Å². The van der Waals surface area contributed by atoms with Gasteiger partial charge in [-0.05, 0) is 12.5 Å². The van der Waals surface area contributed by atoms with Gasteiger partial charge in [0.1, 0.15) is 0 Å². The standard InChI is InChI=1S/C13H18N2O2/c1-10-4-3-5-12(8-10)9-13(17)15(7-6-14)11(2)16/h3-5,8H,6-7,9,14H2,1-2H3. The topological polar surface area (TPSA) is 63.4 Å². The first kappa shape index (κ1) is 13.4. The van der Waals surface area contributed by atoms with Crippen LogP contribution in [0.15, 0.2) is 24.3 Å². The number of aryl methyl sites for hydroxylation is 1. The van der Waals surface area contributed by atoms with Crippen molar-refractivity contribution < 1.29 is 9.59 Å². The smallest absolute Gasteiger partial charge is 0.233 e. The molecule has 0 atom stereocenters. The molecule has 0 saturated carbocycles. The van der Waals surface area contributed by atoms with Gasteiger partial charge in [0.25, 0.3) is 0 Å². The molecule has 0 aromatic heterocycles. The molecular formula is C13H18N2O2. The van der Waals surface area contributed by atoms with E-state index < -0.39 is 0 Å². The van der Waals surface area contributed by atoms with Crippen molar-refractivity contribution in [3.8, 4) is 0 Å². The van der Waals surface area contributed by atoms with Crippen molar-refractivity contribution >= 4 is 11.8 Å². The third-order valence-corrected chi connectivity index (χ3v) is 2.47. The molecule has 1 aromatic carbocycles. The fourth-order valence-corrected chi connectivity index (χ4v) is 1.68. The van der Waals surface area contributed by atoms with Crippen LogP contribution >= 0.6 is 0 Å². The van der Waals surface area contributed by atoms with Crippen LogP contribution < -0.4 is 5.73 Å². The number of hydrogen-bond acceptors (Lipinski definition) is 3. The lowest BCUT2D eigenvalue weighted by Crippen LogP contribution is -2.39. The second-order valence-corrected chi connectivity index (χ2v) is 4.02. The van der Waals surface area contributed by atoms with Crippen LogP contribution in [0.1, 0.15) is 18.1 Å². The molecule has 0 bridgehead atoms. The summed E-state index contributed by atoms with van der Waals surface area (Å²) in [6.45, 7) is 3.92. The number of hydrogen-bond donors (Lipinski definition) is 1. The Morgan fingerprint density at radius 1 is 1.35 bits per heavy atom. The van der Waals surface area contributed by atoms with Crippen LogP contribution in [0, 0.1) is 6.92 Å². The van der Waals surface area contributed by atoms with E-state index in [1.165, 1.54) is 11.8 Å². The number of imide groups is 1. The van der Waals surface area contributed by atoms with Crippen molar-refractivity contribution in [2.75, 3.05) is 13.1 Å². The summed E-state index contributed by atoms with van der Waals surface area (Å²) in [4.78, 5) is 24.4. The summed E-state index contributed by atoms with van der Waals surface area (Å²) in [5.41, 5.74) is 7.39. The molecule has 2 amide bonds. The lowest BCUT2D eigenvalue weighted by atomic mass is 10.1. The number of carbonyl (C=O) groups is 2. The number of amides is 2. The molecule has 0 spiro atoms. The average Bonchev–Trinajstić information content (AvgIpc) is 2.25. The lowest BCUT2D eigenvalue weighted by Gasteiger charge is -2.18. The number of nitrogens with two attached hydrogens (primary N) is 1. The summed E-state index contributed by atoms with van der Waals surface area (Å²) in [6.07, 6.45) is 0.237. The van der Waals surface area contributed by atoms with Gasteiger partial charge in [0.05, 0.1) is 6.42 Å². The maximum atomic E-state index is 11.9. The minimum Gasteiger partial charge on any atom is -0.329 e. The fraction of sp³-hybridized carbons (Fsp3) is 0.385. The monoisotopic (exact) mass is 234 g/mol. The molecule has 0 saturated heterocycles. The molecule has 92 valence electrons. The van der Waals surface area contributed by atoms with Gasteiger partial charge in [0, 0.05) is 20.0 Å². The molecule has 4 nitrogen and oxygen atoms in total. The molecule has 0 aliphatic rings. The molecular weight excluding hydrogens is 216 g/mol. The zero-order valence-electron chi connectivity index (χ0n) is 10.3. The van der Waals surface area contributed by atoms with Crippen molar-refractivity contribution in [3.63, 3.8) is 0 Å². The Morgan fingerprint density at radius 2 is 2.06 bits per heavy atom. The number of carbonyl (C=O) groups excluding carboxylic acids is 2. The largest absolute Gasteiger partial charge is 0.329 e. The predicted octanol–water partition coefficient (Wildman–Crippen LogP) is 0.871. The van der Waals surface area contributed by atoms with Crippen LogP contribution in [0.25, 0.3) is 0 Å². The van der Waals surface area contributed by atoms with Crippen molar-refractivity contribution in [1.82, 2.24) is 4.90 Å². The maximum Gasteiger partial charge on any atom is 0.233 e. The normalized spacial score (nSPS) is 10.1. The zero-order valence-corrected chi connectivity index (χ0v) is 10.3. The van der Waals surface area contributed by atoms with E-state index in [4.69, 9.17) is 5.73 Å². The molecule has 4 heteroatoms. The van der Waals surface area contributed by atoms with E-state index in [1.807, 2.05) is 31.2 Å². The summed E-state index contributed by atoms with van der Waals surface area (Å²) >= 11 is 0. The molecule has 1 rings (SSSR count). The van der Waals surface area contributed by atoms with E-state index in [-0.39, 0.29) is 24.8 Å². The van der Waals surface area contributed by atoms with E-state index in [0.29, 0.717) is 6.54 Å². The van der Waals surface area contributed by atoms with E-state index in [1.54, 1.807) is 0 Å². The number of nitrogens with zero attached hydrogens (tertiary/aromatic N) is 1. The number of benzene rings is 1. The second-order valence-electron chi connectivity index (χ2n) is 4.02. The minimum absolute atomic E-state index is 0.200. The lowest BCUT2D eigenvalue weighted by molar-refractivity contribution is -0.142. The Hall–Kier alpha value is -1.68. The van der Waals surface area contributed by atoms with Gasteiger partial charge in [-0.25, -0.2) is 0 Å². The van der Waals surface area contributed by atoms with Crippen LogP contribution in [0.4, 0.5) is 0 Å². The highest BCUT2D eigenvalue weighted by molar-refractivity contribution is 5.95. The highest BCUT2D eigenvalue weighted by Crippen LogP contribution is 2.06. The Balaban J connectivity index is 2.73. The average molecular weight is 234 g/mol. The molecule has 2 N–H and O–H groups in total. The zero-order chi connectivity index (χ0) is 12.8. The summed E-state index contributed by atoms with van der Waals surface area (Å²) in [7, 11) is 0. The molecule has 0 aliphatic heterocycles. The van der Waals surface area contributed by atoms with Crippen molar-refractivity contribution in [2.45, 2.75) is 20.3 Å². The van der Waals surface area contributed by atoms with Crippen LogP contribution in [0.3, 0.4) is 0 Å². The molecule has 0 heterocycles. The van der Waals surface area contributed by atoms with Crippen LogP contribution in [0.5, 0.6) is 0 Å². The molecule has 0 radical (unpaired) electrons. The molecule has 1 aromatic rings. The highest BCUT2D eigenvalue weighted by Gasteiger charge is 2.16. The fourth-order valence-electron chi connectivity index (χ4n) is 1.68. The molecule has 0 unspecified atom stereocenters. The molecule has 17 heavy (non-hydrogen) atoms. The van der Waals surface area contributed by atoms with Gasteiger partial charge >= 0.3 is 0 Å². The summed E-state index contributed by atoms with van der Waals surface area (Å²) in [5, 5.41) is 0. The SMILES string of the molecule is CC(=O)N(CCN)C(=O)Cc1cccc(C)c1. The quantitative estimate of drug-likeness (QED) is 0.840. The van der Waals surface area contributed by atoms with Gasteiger partial charge in [-0.3, -0.25) is 14.5 Å². The summed E-state index contributed by atoms with van der Waals surface area (Å²) in [6, 6.07) is 7.69. The van der Waals surface area contributed by atoms with Crippen molar-refractivity contribution in [2.24, 2.45) is 5.73 Å². The van der Waals surface area contributed by atoms with Gasteiger partial charge in [-0.15, -0.1) is 0 Å². The first-order chi connectivity index (χ1) is 8.04. The Labute approximate surface area is 101 Å². The maximum absolute atomic E-state index is 11.9. The minimum atomic E-state index is -0.256. The Kier molecular flexibility index (Phi) is 4.84. The Morgan fingerprint density at radius 3 is 2.59 bits per heavy atom.